The summed E-state index contributed by atoms with van der Waals surface area (Å²) in [5, 5.41) is 4.48. The van der Waals surface area contributed by atoms with Gasteiger partial charge in [0.2, 0.25) is 0 Å². The number of anilines is 1. The van der Waals surface area contributed by atoms with Crippen molar-refractivity contribution in [3.05, 3.63) is 10.6 Å². The van der Waals surface area contributed by atoms with E-state index in [1.54, 1.807) is 0 Å². The fourth-order valence-electron chi connectivity index (χ4n) is 2.78. The Balaban J connectivity index is 2.38. The quantitative estimate of drug-likeness (QED) is 0.918. The first kappa shape index (κ1) is 14.8. The van der Waals surface area contributed by atoms with E-state index in [1.807, 2.05) is 18.4 Å². The average molecular weight is 281 g/mol. The van der Waals surface area contributed by atoms with Crippen LogP contribution < -0.4 is 10.2 Å². The van der Waals surface area contributed by atoms with Gasteiger partial charge in [-0.3, -0.25) is 0 Å². The van der Waals surface area contributed by atoms with E-state index >= 15 is 0 Å². The molecule has 0 spiro atoms. The molecular weight excluding hydrogens is 254 g/mol. The molecule has 0 amide bonds. The van der Waals surface area contributed by atoms with Gasteiger partial charge in [-0.05, 0) is 33.7 Å². The van der Waals surface area contributed by atoms with Gasteiger partial charge in [-0.1, -0.05) is 20.8 Å². The lowest BCUT2D eigenvalue weighted by atomic mass is 9.91. The first-order valence-electron chi connectivity index (χ1n) is 7.18. The normalized spacial score (nSPS) is 19.2. The Hall–Kier alpha value is -0.610. The van der Waals surface area contributed by atoms with Crippen LogP contribution in [0, 0.1) is 0 Å². The Bertz CT molecular complexity index is 443. The van der Waals surface area contributed by atoms with E-state index < -0.39 is 0 Å². The molecule has 1 saturated heterocycles. The Morgan fingerprint density at radius 2 is 2.05 bits per heavy atom. The van der Waals surface area contributed by atoms with Crippen LogP contribution in [0.25, 0.3) is 0 Å². The standard InChI is InChI=1S/C15H27N3S/c1-14(2,3)12-11(10-16-6)19-13(17-12)18-9-7-8-15(18,4)5/h16H,7-10H2,1-6H3. The molecule has 108 valence electrons. The second kappa shape index (κ2) is 5.06. The highest BCUT2D eigenvalue weighted by atomic mass is 32.1. The van der Waals surface area contributed by atoms with Crippen molar-refractivity contribution in [2.75, 3.05) is 18.5 Å². The third-order valence-electron chi connectivity index (χ3n) is 3.87. The van der Waals surface area contributed by atoms with E-state index in [9.17, 15) is 0 Å². The van der Waals surface area contributed by atoms with Crippen molar-refractivity contribution in [1.29, 1.82) is 0 Å². The maximum Gasteiger partial charge on any atom is 0.186 e. The highest BCUT2D eigenvalue weighted by Crippen LogP contribution is 2.39. The average Bonchev–Trinajstić information content (AvgIpc) is 2.81. The fourth-order valence-corrected chi connectivity index (χ4v) is 4.25. The lowest BCUT2D eigenvalue weighted by Gasteiger charge is -2.31. The fraction of sp³-hybridized carbons (Fsp3) is 0.800. The van der Waals surface area contributed by atoms with Gasteiger partial charge in [0.15, 0.2) is 5.13 Å². The maximum atomic E-state index is 4.98. The van der Waals surface area contributed by atoms with Gasteiger partial charge < -0.3 is 10.2 Å². The first-order valence-corrected chi connectivity index (χ1v) is 8.00. The monoisotopic (exact) mass is 281 g/mol. The number of hydrogen-bond donors (Lipinski definition) is 1. The number of nitrogens with zero attached hydrogens (tertiary/aromatic N) is 2. The van der Waals surface area contributed by atoms with Crippen molar-refractivity contribution < 1.29 is 0 Å². The molecule has 0 bridgehead atoms. The minimum atomic E-state index is 0.116. The van der Waals surface area contributed by atoms with E-state index in [1.165, 1.54) is 28.5 Å². The summed E-state index contributed by atoms with van der Waals surface area (Å²) in [6.07, 6.45) is 2.54. The maximum absolute atomic E-state index is 4.98. The van der Waals surface area contributed by atoms with Crippen LogP contribution >= 0.6 is 11.3 Å². The van der Waals surface area contributed by atoms with Gasteiger partial charge in [-0.15, -0.1) is 11.3 Å². The molecule has 1 aromatic heterocycles. The minimum absolute atomic E-state index is 0.116. The number of hydrogen-bond acceptors (Lipinski definition) is 4. The highest BCUT2D eigenvalue weighted by Gasteiger charge is 2.35. The van der Waals surface area contributed by atoms with Gasteiger partial charge in [-0.25, -0.2) is 4.98 Å². The first-order chi connectivity index (χ1) is 8.75. The Labute approximate surface area is 121 Å². The SMILES string of the molecule is CNCc1sc(N2CCCC2(C)C)nc1C(C)(C)C. The number of nitrogens with one attached hydrogen (secondary N) is 1. The lowest BCUT2D eigenvalue weighted by Crippen LogP contribution is -2.38. The van der Waals surface area contributed by atoms with Crippen molar-refractivity contribution in [3.63, 3.8) is 0 Å². The molecule has 19 heavy (non-hydrogen) atoms. The predicted molar refractivity (Wildman–Crippen MR) is 84.2 cm³/mol. The molecule has 1 aliphatic heterocycles. The summed E-state index contributed by atoms with van der Waals surface area (Å²) in [7, 11) is 2.01. The number of rotatable bonds is 3. The van der Waals surface area contributed by atoms with Crippen LogP contribution in [0.15, 0.2) is 0 Å². The molecule has 0 radical (unpaired) electrons. The van der Waals surface area contributed by atoms with Gasteiger partial charge in [0.25, 0.3) is 0 Å². The van der Waals surface area contributed by atoms with Crippen molar-refractivity contribution in [3.8, 4) is 0 Å². The topological polar surface area (TPSA) is 28.2 Å². The third kappa shape index (κ3) is 2.95. The van der Waals surface area contributed by atoms with E-state index in [4.69, 9.17) is 4.98 Å². The van der Waals surface area contributed by atoms with E-state index in [-0.39, 0.29) is 11.0 Å². The van der Waals surface area contributed by atoms with Gasteiger partial charge in [-0.2, -0.15) is 0 Å². The Morgan fingerprint density at radius 3 is 2.53 bits per heavy atom. The summed E-state index contributed by atoms with van der Waals surface area (Å²) in [5.41, 5.74) is 1.62. The van der Waals surface area contributed by atoms with E-state index in [0.29, 0.717) is 0 Å². The van der Waals surface area contributed by atoms with Crippen LogP contribution in [0.5, 0.6) is 0 Å². The van der Waals surface area contributed by atoms with Crippen LogP contribution in [-0.2, 0) is 12.0 Å². The molecule has 1 aliphatic rings. The zero-order valence-electron chi connectivity index (χ0n) is 13.1. The molecular formula is C15H27N3S. The smallest absolute Gasteiger partial charge is 0.186 e. The van der Waals surface area contributed by atoms with Crippen molar-refractivity contribution >= 4 is 16.5 Å². The molecule has 0 atom stereocenters. The van der Waals surface area contributed by atoms with Crippen LogP contribution in [0.2, 0.25) is 0 Å². The second-order valence-electron chi connectivity index (χ2n) is 7.12. The largest absolute Gasteiger partial charge is 0.343 e. The molecule has 3 nitrogen and oxygen atoms in total. The zero-order chi connectivity index (χ0) is 14.3. The van der Waals surface area contributed by atoms with Crippen molar-refractivity contribution in [2.45, 2.75) is 65.0 Å². The summed E-state index contributed by atoms with van der Waals surface area (Å²) in [6.45, 7) is 13.5. The molecule has 1 N–H and O–H groups in total. The van der Waals surface area contributed by atoms with Crippen LogP contribution in [0.4, 0.5) is 5.13 Å². The summed E-state index contributed by atoms with van der Waals surface area (Å²) in [5.74, 6) is 0. The Kier molecular flexibility index (Phi) is 3.94. The predicted octanol–water partition coefficient (Wildman–Crippen LogP) is 3.54. The van der Waals surface area contributed by atoms with Crippen LogP contribution in [0.1, 0.15) is 58.0 Å². The van der Waals surface area contributed by atoms with Crippen LogP contribution in [-0.4, -0.2) is 24.1 Å². The van der Waals surface area contributed by atoms with E-state index in [2.05, 4.69) is 44.8 Å². The van der Waals surface area contributed by atoms with Gasteiger partial charge in [0.1, 0.15) is 0 Å². The summed E-state index contributed by atoms with van der Waals surface area (Å²) in [4.78, 5) is 8.86. The zero-order valence-corrected chi connectivity index (χ0v) is 13.9. The van der Waals surface area contributed by atoms with Crippen LogP contribution in [0.3, 0.4) is 0 Å². The van der Waals surface area contributed by atoms with Gasteiger partial charge >= 0.3 is 0 Å². The Morgan fingerprint density at radius 1 is 1.37 bits per heavy atom. The molecule has 0 unspecified atom stereocenters. The molecule has 2 heterocycles. The molecule has 1 fully saturated rings. The minimum Gasteiger partial charge on any atom is -0.343 e. The lowest BCUT2D eigenvalue weighted by molar-refractivity contribution is 0.513. The summed E-state index contributed by atoms with van der Waals surface area (Å²) >= 11 is 1.86. The molecule has 2 rings (SSSR count). The van der Waals surface area contributed by atoms with Gasteiger partial charge in [0.05, 0.1) is 5.69 Å². The summed E-state index contributed by atoms with van der Waals surface area (Å²) < 4.78 is 0. The van der Waals surface area contributed by atoms with Crippen molar-refractivity contribution in [1.82, 2.24) is 10.3 Å². The molecule has 0 aliphatic carbocycles. The van der Waals surface area contributed by atoms with E-state index in [0.717, 1.165) is 13.1 Å². The van der Waals surface area contributed by atoms with Crippen molar-refractivity contribution in [2.24, 2.45) is 0 Å². The van der Waals surface area contributed by atoms with Gasteiger partial charge in [0, 0.05) is 28.9 Å². The summed E-state index contributed by atoms with van der Waals surface area (Å²) in [6, 6.07) is 0. The number of thiazole rings is 1. The molecule has 0 aromatic carbocycles. The number of aromatic nitrogens is 1. The molecule has 4 heteroatoms. The third-order valence-corrected chi connectivity index (χ3v) is 4.94. The molecule has 0 saturated carbocycles. The second-order valence-corrected chi connectivity index (χ2v) is 8.18. The molecule has 1 aromatic rings. The highest BCUT2D eigenvalue weighted by molar-refractivity contribution is 7.15.